The van der Waals surface area contributed by atoms with Crippen molar-refractivity contribution in [2.45, 2.75) is 32.7 Å². The van der Waals surface area contributed by atoms with Crippen LogP contribution in [0.1, 0.15) is 35.9 Å². The van der Waals surface area contributed by atoms with Crippen LogP contribution in [-0.2, 0) is 0 Å². The molecule has 146 valence electrons. The second kappa shape index (κ2) is 8.45. The van der Waals surface area contributed by atoms with Crippen molar-refractivity contribution in [2.75, 3.05) is 13.1 Å². The van der Waals surface area contributed by atoms with Crippen LogP contribution in [0.4, 0.5) is 5.69 Å². The van der Waals surface area contributed by atoms with E-state index in [1.807, 2.05) is 0 Å². The Morgan fingerprint density at radius 1 is 1.44 bits per heavy atom. The SMILES string of the molecule is Cc1c(C(=O)N2CCC(C)CC2CN)nnn1-c1cccc([N+](=O)[O-])c1.Cl. The topological polar surface area (TPSA) is 120 Å². The zero-order valence-electron chi connectivity index (χ0n) is 15.2. The van der Waals surface area contributed by atoms with Gasteiger partial charge < -0.3 is 10.6 Å². The van der Waals surface area contributed by atoms with Gasteiger partial charge in [0.05, 0.1) is 16.3 Å². The second-order valence-corrected chi connectivity index (χ2v) is 6.73. The Morgan fingerprint density at radius 2 is 2.19 bits per heavy atom. The van der Waals surface area contributed by atoms with E-state index in [-0.39, 0.29) is 35.7 Å². The van der Waals surface area contributed by atoms with E-state index < -0.39 is 4.92 Å². The third-order valence-electron chi connectivity index (χ3n) is 4.89. The van der Waals surface area contributed by atoms with Crippen LogP contribution in [-0.4, -0.2) is 49.9 Å². The van der Waals surface area contributed by atoms with Crippen LogP contribution in [0.2, 0.25) is 0 Å². The van der Waals surface area contributed by atoms with Crippen LogP contribution in [0.15, 0.2) is 24.3 Å². The monoisotopic (exact) mass is 394 g/mol. The molecule has 1 fully saturated rings. The van der Waals surface area contributed by atoms with Crippen LogP contribution >= 0.6 is 12.4 Å². The van der Waals surface area contributed by atoms with E-state index in [1.165, 1.54) is 16.8 Å². The minimum absolute atomic E-state index is 0. The molecule has 1 saturated heterocycles. The van der Waals surface area contributed by atoms with Gasteiger partial charge in [0.25, 0.3) is 11.6 Å². The molecule has 2 unspecified atom stereocenters. The lowest BCUT2D eigenvalue weighted by Crippen LogP contribution is -2.49. The van der Waals surface area contributed by atoms with Gasteiger partial charge in [-0.2, -0.15) is 0 Å². The van der Waals surface area contributed by atoms with E-state index in [2.05, 4.69) is 17.2 Å². The van der Waals surface area contributed by atoms with Gasteiger partial charge in [-0.25, -0.2) is 4.68 Å². The summed E-state index contributed by atoms with van der Waals surface area (Å²) in [4.78, 5) is 25.2. The maximum absolute atomic E-state index is 13.0. The van der Waals surface area contributed by atoms with Gasteiger partial charge in [0.1, 0.15) is 0 Å². The summed E-state index contributed by atoms with van der Waals surface area (Å²) in [6.45, 7) is 4.95. The van der Waals surface area contributed by atoms with Gasteiger partial charge in [0.2, 0.25) is 0 Å². The van der Waals surface area contributed by atoms with Crippen LogP contribution in [0, 0.1) is 23.0 Å². The largest absolute Gasteiger partial charge is 0.333 e. The zero-order chi connectivity index (χ0) is 18.8. The molecular formula is C17H23ClN6O3. The van der Waals surface area contributed by atoms with Gasteiger partial charge in [0.15, 0.2) is 5.69 Å². The molecule has 27 heavy (non-hydrogen) atoms. The quantitative estimate of drug-likeness (QED) is 0.626. The van der Waals surface area contributed by atoms with Gasteiger partial charge in [-0.15, -0.1) is 17.5 Å². The Hall–Kier alpha value is -2.52. The summed E-state index contributed by atoms with van der Waals surface area (Å²) in [5, 5.41) is 19.0. The number of aromatic nitrogens is 3. The summed E-state index contributed by atoms with van der Waals surface area (Å²) in [6.07, 6.45) is 1.81. The van der Waals surface area contributed by atoms with Gasteiger partial charge in [-0.05, 0) is 31.7 Å². The summed E-state index contributed by atoms with van der Waals surface area (Å²) in [5.74, 6) is 0.343. The number of nitro benzene ring substituents is 1. The number of carbonyl (C=O) groups excluding carboxylic acids is 1. The Balaban J connectivity index is 0.00000261. The van der Waals surface area contributed by atoms with Crippen LogP contribution in [0.5, 0.6) is 0 Å². The summed E-state index contributed by atoms with van der Waals surface area (Å²) in [5.41, 5.74) is 7.10. The third kappa shape index (κ3) is 4.09. The number of nitro groups is 1. The Kier molecular flexibility index (Phi) is 6.50. The summed E-state index contributed by atoms with van der Waals surface area (Å²) < 4.78 is 1.45. The fourth-order valence-corrected chi connectivity index (χ4v) is 3.39. The lowest BCUT2D eigenvalue weighted by atomic mass is 9.92. The number of hydrogen-bond donors (Lipinski definition) is 1. The van der Waals surface area contributed by atoms with E-state index in [9.17, 15) is 14.9 Å². The molecule has 0 saturated carbocycles. The van der Waals surface area contributed by atoms with Crippen molar-refractivity contribution in [3.8, 4) is 5.69 Å². The summed E-state index contributed by atoms with van der Waals surface area (Å²) >= 11 is 0. The van der Waals surface area contributed by atoms with Gasteiger partial charge in [-0.3, -0.25) is 14.9 Å². The molecule has 1 aromatic heterocycles. The number of carbonyl (C=O) groups is 1. The smallest absolute Gasteiger partial charge is 0.276 e. The molecule has 1 aliphatic rings. The number of non-ortho nitro benzene ring substituents is 1. The average molecular weight is 395 g/mol. The first-order valence-corrected chi connectivity index (χ1v) is 8.60. The van der Waals surface area contributed by atoms with Gasteiger partial charge in [-0.1, -0.05) is 18.2 Å². The van der Waals surface area contributed by atoms with Gasteiger partial charge >= 0.3 is 0 Å². The molecule has 3 rings (SSSR count). The number of piperidine rings is 1. The highest BCUT2D eigenvalue weighted by atomic mass is 35.5. The number of halogens is 1. The maximum Gasteiger partial charge on any atom is 0.276 e. The zero-order valence-corrected chi connectivity index (χ0v) is 16.1. The molecule has 0 aliphatic carbocycles. The molecule has 2 N–H and O–H groups in total. The maximum atomic E-state index is 13.0. The number of nitrogens with two attached hydrogens (primary N) is 1. The van der Waals surface area contributed by atoms with E-state index >= 15 is 0 Å². The highest BCUT2D eigenvalue weighted by molar-refractivity contribution is 5.93. The molecule has 2 atom stereocenters. The highest BCUT2D eigenvalue weighted by Crippen LogP contribution is 2.25. The number of likely N-dealkylation sites (tertiary alicyclic amines) is 1. The van der Waals surface area contributed by atoms with Crippen LogP contribution in [0.25, 0.3) is 5.69 Å². The lowest BCUT2D eigenvalue weighted by Gasteiger charge is -2.37. The summed E-state index contributed by atoms with van der Waals surface area (Å²) in [6, 6.07) is 6.07. The number of nitrogens with zero attached hydrogens (tertiary/aromatic N) is 5. The average Bonchev–Trinajstić information content (AvgIpc) is 3.02. The molecule has 0 spiro atoms. The molecule has 0 radical (unpaired) electrons. The molecule has 0 bridgehead atoms. The molecule has 9 nitrogen and oxygen atoms in total. The normalized spacial score (nSPS) is 19.4. The summed E-state index contributed by atoms with van der Waals surface area (Å²) in [7, 11) is 0. The standard InChI is InChI=1S/C17H22N6O3.ClH/c1-11-6-7-21(15(8-11)10-18)17(24)16-12(2)22(20-19-16)13-4-3-5-14(9-13)23(25)26;/h3-5,9,11,15H,6-8,10,18H2,1-2H3;1H. The first-order chi connectivity index (χ1) is 12.4. The Bertz CT molecular complexity index is 840. The van der Waals surface area contributed by atoms with E-state index in [0.717, 1.165) is 12.8 Å². The third-order valence-corrected chi connectivity index (χ3v) is 4.89. The number of rotatable bonds is 4. The van der Waals surface area contributed by atoms with Crippen molar-refractivity contribution in [2.24, 2.45) is 11.7 Å². The lowest BCUT2D eigenvalue weighted by molar-refractivity contribution is -0.384. The first-order valence-electron chi connectivity index (χ1n) is 8.60. The molecule has 2 aromatic rings. The predicted molar refractivity (Wildman–Crippen MR) is 102 cm³/mol. The molecule has 1 aliphatic heterocycles. The van der Waals surface area contributed by atoms with Crippen molar-refractivity contribution < 1.29 is 9.72 Å². The fourth-order valence-electron chi connectivity index (χ4n) is 3.39. The van der Waals surface area contributed by atoms with E-state index in [1.54, 1.807) is 24.0 Å². The van der Waals surface area contributed by atoms with Crippen molar-refractivity contribution in [1.29, 1.82) is 0 Å². The van der Waals surface area contributed by atoms with E-state index in [0.29, 0.717) is 30.4 Å². The first kappa shape index (κ1) is 20.8. The van der Waals surface area contributed by atoms with Crippen LogP contribution in [0.3, 0.4) is 0 Å². The van der Waals surface area contributed by atoms with Crippen LogP contribution < -0.4 is 5.73 Å². The molecule has 2 heterocycles. The minimum Gasteiger partial charge on any atom is -0.333 e. The van der Waals surface area contributed by atoms with Crippen molar-refractivity contribution >= 4 is 24.0 Å². The van der Waals surface area contributed by atoms with Crippen molar-refractivity contribution in [1.82, 2.24) is 19.9 Å². The minimum atomic E-state index is -0.470. The molecule has 1 aromatic carbocycles. The molecule has 1 amide bonds. The molecule has 10 heteroatoms. The molecular weight excluding hydrogens is 372 g/mol. The fraction of sp³-hybridized carbons (Fsp3) is 0.471. The van der Waals surface area contributed by atoms with Crippen molar-refractivity contribution in [3.05, 3.63) is 45.8 Å². The van der Waals surface area contributed by atoms with Gasteiger partial charge in [0, 0.05) is 31.3 Å². The number of benzene rings is 1. The Labute approximate surface area is 163 Å². The number of hydrogen-bond acceptors (Lipinski definition) is 6. The second-order valence-electron chi connectivity index (χ2n) is 6.73. The van der Waals surface area contributed by atoms with Crippen molar-refractivity contribution in [3.63, 3.8) is 0 Å². The highest BCUT2D eigenvalue weighted by Gasteiger charge is 2.32. The number of amides is 1. The Morgan fingerprint density at radius 3 is 2.85 bits per heavy atom. The van der Waals surface area contributed by atoms with E-state index in [4.69, 9.17) is 5.73 Å². The predicted octanol–water partition coefficient (Wildman–Crippen LogP) is 2.11.